The zero-order valence-corrected chi connectivity index (χ0v) is 12.9. The summed E-state index contributed by atoms with van der Waals surface area (Å²) >= 11 is 0. The van der Waals surface area contributed by atoms with Crippen molar-refractivity contribution in [2.24, 2.45) is 5.92 Å². The van der Waals surface area contributed by atoms with Crippen LogP contribution in [0.25, 0.3) is 0 Å². The lowest BCUT2D eigenvalue weighted by Gasteiger charge is -2.37. The summed E-state index contributed by atoms with van der Waals surface area (Å²) in [6.45, 7) is 7.28. The van der Waals surface area contributed by atoms with Crippen LogP contribution in [0, 0.1) is 11.7 Å². The van der Waals surface area contributed by atoms with Crippen molar-refractivity contribution in [3.05, 3.63) is 35.6 Å². The molecule has 4 heteroatoms. The molecule has 116 valence electrons. The minimum absolute atomic E-state index is 0.127. The molecule has 0 spiro atoms. The van der Waals surface area contributed by atoms with Crippen molar-refractivity contribution in [3.63, 3.8) is 0 Å². The second-order valence-corrected chi connectivity index (χ2v) is 6.12. The molecule has 1 fully saturated rings. The molecule has 1 aromatic carbocycles. The molecule has 2 rings (SSSR count). The van der Waals surface area contributed by atoms with Gasteiger partial charge in [0.25, 0.3) is 5.91 Å². The Morgan fingerprint density at radius 3 is 2.38 bits per heavy atom. The summed E-state index contributed by atoms with van der Waals surface area (Å²) in [5.74, 6) is 0.0502. The fourth-order valence-electron chi connectivity index (χ4n) is 2.94. The monoisotopic (exact) mass is 292 g/mol. The molecule has 1 unspecified atom stereocenters. The molecule has 0 radical (unpaired) electrons. The first kappa shape index (κ1) is 16.0. The first-order valence-electron chi connectivity index (χ1n) is 7.85. The third-order valence-corrected chi connectivity index (χ3v) is 4.21. The molecule has 1 aliphatic rings. The fourth-order valence-corrected chi connectivity index (χ4v) is 2.94. The zero-order chi connectivity index (χ0) is 15.2. The zero-order valence-electron chi connectivity index (χ0n) is 12.9. The van der Waals surface area contributed by atoms with Gasteiger partial charge in [-0.3, -0.25) is 9.69 Å². The van der Waals surface area contributed by atoms with Crippen LogP contribution >= 0.6 is 0 Å². The van der Waals surface area contributed by atoms with Crippen molar-refractivity contribution >= 4 is 5.91 Å². The number of hydrogen-bond acceptors (Lipinski definition) is 2. The number of rotatable bonds is 5. The molecule has 1 heterocycles. The van der Waals surface area contributed by atoms with E-state index in [4.69, 9.17) is 0 Å². The number of likely N-dealkylation sites (tertiary alicyclic amines) is 1. The minimum atomic E-state index is -0.320. The Balaban J connectivity index is 1.91. The minimum Gasteiger partial charge on any atom is -0.350 e. The predicted octanol–water partition coefficient (Wildman–Crippen LogP) is 3.07. The van der Waals surface area contributed by atoms with E-state index in [9.17, 15) is 9.18 Å². The number of carbonyl (C=O) groups is 1. The molecule has 0 aliphatic carbocycles. The van der Waals surface area contributed by atoms with Crippen molar-refractivity contribution in [3.8, 4) is 0 Å². The van der Waals surface area contributed by atoms with Crippen LogP contribution in [0.3, 0.4) is 0 Å². The lowest BCUT2D eigenvalue weighted by atomic mass is 9.99. The van der Waals surface area contributed by atoms with Gasteiger partial charge in [-0.1, -0.05) is 20.3 Å². The van der Waals surface area contributed by atoms with Gasteiger partial charge in [0.2, 0.25) is 0 Å². The molecule has 0 saturated carbocycles. The van der Waals surface area contributed by atoms with Gasteiger partial charge in [0.05, 0.1) is 0 Å². The lowest BCUT2D eigenvalue weighted by Crippen LogP contribution is -2.48. The third-order valence-electron chi connectivity index (χ3n) is 4.21. The van der Waals surface area contributed by atoms with Gasteiger partial charge in [-0.05, 0) is 56.1 Å². The number of hydrogen-bond donors (Lipinski definition) is 1. The van der Waals surface area contributed by atoms with Crippen molar-refractivity contribution in [1.82, 2.24) is 10.2 Å². The highest BCUT2D eigenvalue weighted by Gasteiger charge is 2.23. The summed E-state index contributed by atoms with van der Waals surface area (Å²) in [6.07, 6.45) is 3.80. The molecular formula is C17H25FN2O. The van der Waals surface area contributed by atoms with Crippen LogP contribution in [-0.2, 0) is 0 Å². The molecule has 1 saturated heterocycles. The van der Waals surface area contributed by atoms with Gasteiger partial charge < -0.3 is 5.32 Å². The van der Waals surface area contributed by atoms with E-state index >= 15 is 0 Å². The Kier molecular flexibility index (Phi) is 5.74. The van der Waals surface area contributed by atoms with Crippen molar-refractivity contribution in [1.29, 1.82) is 0 Å². The molecule has 3 nitrogen and oxygen atoms in total. The first-order valence-corrected chi connectivity index (χ1v) is 7.85. The molecule has 1 atom stereocenters. The number of nitrogens with one attached hydrogen (secondary N) is 1. The van der Waals surface area contributed by atoms with Crippen molar-refractivity contribution < 1.29 is 9.18 Å². The average Bonchev–Trinajstić information content (AvgIpc) is 2.48. The highest BCUT2D eigenvalue weighted by Crippen LogP contribution is 2.17. The highest BCUT2D eigenvalue weighted by molar-refractivity contribution is 5.94. The predicted molar refractivity (Wildman–Crippen MR) is 82.8 cm³/mol. The number of benzene rings is 1. The average molecular weight is 292 g/mol. The summed E-state index contributed by atoms with van der Waals surface area (Å²) in [6, 6.07) is 6.06. The molecule has 1 aromatic rings. The summed E-state index contributed by atoms with van der Waals surface area (Å²) in [5, 5.41) is 2.99. The summed E-state index contributed by atoms with van der Waals surface area (Å²) in [7, 11) is 0. The summed E-state index contributed by atoms with van der Waals surface area (Å²) in [4.78, 5) is 14.6. The number of nitrogens with zero attached hydrogens (tertiary/aromatic N) is 1. The van der Waals surface area contributed by atoms with Gasteiger partial charge in [-0.25, -0.2) is 4.39 Å². The van der Waals surface area contributed by atoms with E-state index < -0.39 is 0 Å². The first-order chi connectivity index (χ1) is 10.1. The Hall–Kier alpha value is -1.42. The van der Waals surface area contributed by atoms with Gasteiger partial charge in [-0.15, -0.1) is 0 Å². The Labute approximate surface area is 126 Å². The van der Waals surface area contributed by atoms with Crippen LogP contribution in [0.2, 0.25) is 0 Å². The van der Waals surface area contributed by atoms with Gasteiger partial charge >= 0.3 is 0 Å². The van der Waals surface area contributed by atoms with Gasteiger partial charge in [0.15, 0.2) is 0 Å². The molecule has 1 aliphatic heterocycles. The molecule has 0 aromatic heterocycles. The van der Waals surface area contributed by atoms with Gasteiger partial charge in [-0.2, -0.15) is 0 Å². The molecule has 1 amide bonds. The van der Waals surface area contributed by atoms with E-state index in [-0.39, 0.29) is 11.7 Å². The largest absolute Gasteiger partial charge is 0.350 e. The van der Waals surface area contributed by atoms with Gasteiger partial charge in [0.1, 0.15) is 5.82 Å². The number of piperidine rings is 1. The Bertz CT molecular complexity index is 452. The maximum absolute atomic E-state index is 12.9. The van der Waals surface area contributed by atoms with E-state index in [2.05, 4.69) is 24.1 Å². The molecular weight excluding hydrogens is 267 g/mol. The third kappa shape index (κ3) is 4.53. The summed E-state index contributed by atoms with van der Waals surface area (Å²) in [5.41, 5.74) is 0.512. The van der Waals surface area contributed by atoms with Crippen LogP contribution in [0.15, 0.2) is 24.3 Å². The van der Waals surface area contributed by atoms with E-state index in [1.165, 1.54) is 43.5 Å². The number of halogens is 1. The highest BCUT2D eigenvalue weighted by atomic mass is 19.1. The number of amides is 1. The maximum Gasteiger partial charge on any atom is 0.251 e. The van der Waals surface area contributed by atoms with E-state index in [0.29, 0.717) is 24.1 Å². The van der Waals surface area contributed by atoms with Crippen LogP contribution in [0.5, 0.6) is 0 Å². The van der Waals surface area contributed by atoms with E-state index in [1.807, 2.05) is 0 Å². The smallest absolute Gasteiger partial charge is 0.251 e. The van der Waals surface area contributed by atoms with Crippen LogP contribution < -0.4 is 5.32 Å². The van der Waals surface area contributed by atoms with E-state index in [1.54, 1.807) is 0 Å². The Morgan fingerprint density at radius 2 is 1.81 bits per heavy atom. The van der Waals surface area contributed by atoms with Crippen LogP contribution in [-0.4, -0.2) is 36.5 Å². The molecule has 0 bridgehead atoms. The van der Waals surface area contributed by atoms with E-state index in [0.717, 1.165) is 13.1 Å². The normalized spacial score (nSPS) is 17.7. The molecule has 1 N–H and O–H groups in total. The fraction of sp³-hybridized carbons (Fsp3) is 0.588. The Morgan fingerprint density at radius 1 is 1.19 bits per heavy atom. The topological polar surface area (TPSA) is 32.3 Å². The van der Waals surface area contributed by atoms with Gasteiger partial charge in [0, 0.05) is 18.2 Å². The SMILES string of the molecule is CC(C)C(CNC(=O)c1ccc(F)cc1)N1CCCCC1. The second kappa shape index (κ2) is 7.55. The quantitative estimate of drug-likeness (QED) is 0.904. The van der Waals surface area contributed by atoms with Crippen molar-refractivity contribution in [2.45, 2.75) is 39.2 Å². The van der Waals surface area contributed by atoms with Crippen LogP contribution in [0.1, 0.15) is 43.5 Å². The standard InChI is InChI=1S/C17H25FN2O/c1-13(2)16(20-10-4-3-5-11-20)12-19-17(21)14-6-8-15(18)9-7-14/h6-9,13,16H,3-5,10-12H2,1-2H3,(H,19,21). The number of carbonyl (C=O) groups excluding carboxylic acids is 1. The van der Waals surface area contributed by atoms with Crippen LogP contribution in [0.4, 0.5) is 4.39 Å². The lowest BCUT2D eigenvalue weighted by molar-refractivity contribution is 0.0895. The van der Waals surface area contributed by atoms with Crippen molar-refractivity contribution in [2.75, 3.05) is 19.6 Å². The molecule has 21 heavy (non-hydrogen) atoms. The summed E-state index contributed by atoms with van der Waals surface area (Å²) < 4.78 is 12.9. The maximum atomic E-state index is 12.9. The second-order valence-electron chi connectivity index (χ2n) is 6.12.